The molecule has 122 valence electrons. The molecule has 7 heteroatoms. The van der Waals surface area contributed by atoms with Crippen LogP contribution in [-0.4, -0.2) is 31.1 Å². The second-order valence-electron chi connectivity index (χ2n) is 4.92. The molecule has 2 amide bonds. The minimum atomic E-state index is -0.531. The summed E-state index contributed by atoms with van der Waals surface area (Å²) >= 11 is 6.03. The smallest absolute Gasteiger partial charge is 0.339 e. The molecule has 0 aliphatic heterocycles. The van der Waals surface area contributed by atoms with E-state index in [4.69, 9.17) is 16.0 Å². The fraction of sp³-hybridized carbons (Fsp3) is 0.250. The molecule has 0 aliphatic rings. The number of anilines is 1. The van der Waals surface area contributed by atoms with Crippen LogP contribution in [0.15, 0.2) is 41.0 Å². The predicted molar refractivity (Wildman–Crippen MR) is 86.7 cm³/mol. The zero-order valence-corrected chi connectivity index (χ0v) is 13.8. The summed E-state index contributed by atoms with van der Waals surface area (Å²) in [6.45, 7) is 1.85. The maximum atomic E-state index is 12.3. The number of furan rings is 1. The third-order valence-electron chi connectivity index (χ3n) is 3.48. The lowest BCUT2D eigenvalue weighted by molar-refractivity contribution is 0.0601. The highest BCUT2D eigenvalue weighted by Gasteiger charge is 2.20. The van der Waals surface area contributed by atoms with E-state index in [1.54, 1.807) is 31.5 Å². The van der Waals surface area contributed by atoms with Crippen molar-refractivity contribution in [3.63, 3.8) is 0 Å². The van der Waals surface area contributed by atoms with Gasteiger partial charge in [-0.05, 0) is 37.3 Å². The van der Waals surface area contributed by atoms with Gasteiger partial charge in [-0.3, -0.25) is 0 Å². The van der Waals surface area contributed by atoms with Crippen LogP contribution in [0.2, 0.25) is 5.02 Å². The van der Waals surface area contributed by atoms with Gasteiger partial charge < -0.3 is 19.4 Å². The number of amides is 2. The molecular formula is C16H17ClN2O4. The van der Waals surface area contributed by atoms with E-state index in [-0.39, 0.29) is 22.7 Å². The molecule has 1 heterocycles. The average molecular weight is 337 g/mol. The Labute approximate surface area is 139 Å². The number of nitrogens with one attached hydrogen (secondary N) is 1. The number of carbonyl (C=O) groups excluding carboxylic acids is 2. The molecule has 0 fully saturated rings. The van der Waals surface area contributed by atoms with Crippen molar-refractivity contribution in [1.29, 1.82) is 0 Å². The van der Waals surface area contributed by atoms with E-state index in [2.05, 4.69) is 10.1 Å². The van der Waals surface area contributed by atoms with Crippen molar-refractivity contribution in [2.24, 2.45) is 0 Å². The molecule has 0 aliphatic carbocycles. The number of nitrogens with zero attached hydrogens (tertiary/aromatic N) is 1. The van der Waals surface area contributed by atoms with E-state index in [1.807, 2.05) is 6.92 Å². The zero-order valence-electron chi connectivity index (χ0n) is 13.0. The van der Waals surface area contributed by atoms with E-state index < -0.39 is 5.97 Å². The van der Waals surface area contributed by atoms with Crippen LogP contribution in [0.25, 0.3) is 0 Å². The first-order chi connectivity index (χ1) is 10.9. The van der Waals surface area contributed by atoms with E-state index in [0.29, 0.717) is 11.4 Å². The number of benzene rings is 1. The number of hydrogen-bond acceptors (Lipinski definition) is 4. The van der Waals surface area contributed by atoms with Gasteiger partial charge >= 0.3 is 12.0 Å². The lowest BCUT2D eigenvalue weighted by Gasteiger charge is -2.23. The Morgan fingerprint density at radius 3 is 2.65 bits per heavy atom. The predicted octanol–water partition coefficient (Wildman–Crippen LogP) is 3.94. The van der Waals surface area contributed by atoms with E-state index in [0.717, 1.165) is 0 Å². The van der Waals surface area contributed by atoms with Crippen LogP contribution in [0.5, 0.6) is 0 Å². The minimum Gasteiger partial charge on any atom is -0.467 e. The van der Waals surface area contributed by atoms with Crippen LogP contribution in [0.3, 0.4) is 0 Å². The lowest BCUT2D eigenvalue weighted by atomic mass is 10.2. The molecule has 2 aromatic rings. The normalized spacial score (nSPS) is 11.7. The molecule has 0 saturated heterocycles. The summed E-state index contributed by atoms with van der Waals surface area (Å²) in [5, 5.41) is 2.92. The van der Waals surface area contributed by atoms with Gasteiger partial charge in [0.2, 0.25) is 0 Å². The van der Waals surface area contributed by atoms with Crippen LogP contribution in [0.1, 0.15) is 29.1 Å². The van der Waals surface area contributed by atoms with Crippen molar-refractivity contribution in [3.05, 3.63) is 52.9 Å². The van der Waals surface area contributed by atoms with Crippen molar-refractivity contribution in [2.75, 3.05) is 19.5 Å². The first kappa shape index (κ1) is 16.9. The number of carbonyl (C=O) groups is 2. The Morgan fingerprint density at radius 1 is 1.35 bits per heavy atom. The topological polar surface area (TPSA) is 71.8 Å². The van der Waals surface area contributed by atoms with Crippen LogP contribution in [0, 0.1) is 0 Å². The first-order valence-corrected chi connectivity index (χ1v) is 7.27. The van der Waals surface area contributed by atoms with Gasteiger partial charge in [0.15, 0.2) is 0 Å². The fourth-order valence-corrected chi connectivity index (χ4v) is 2.23. The maximum Gasteiger partial charge on any atom is 0.339 e. The molecule has 2 rings (SSSR count). The van der Waals surface area contributed by atoms with Crippen molar-refractivity contribution in [3.8, 4) is 0 Å². The maximum absolute atomic E-state index is 12.3. The summed E-state index contributed by atoms with van der Waals surface area (Å²) in [7, 11) is 2.94. The highest BCUT2D eigenvalue weighted by molar-refractivity contribution is 6.33. The molecule has 6 nitrogen and oxygen atoms in total. The summed E-state index contributed by atoms with van der Waals surface area (Å²) in [4.78, 5) is 25.3. The van der Waals surface area contributed by atoms with Gasteiger partial charge in [-0.25, -0.2) is 9.59 Å². The summed E-state index contributed by atoms with van der Waals surface area (Å²) in [6, 6.07) is 7.60. The first-order valence-electron chi connectivity index (χ1n) is 6.89. The quantitative estimate of drug-likeness (QED) is 0.858. The van der Waals surface area contributed by atoms with Gasteiger partial charge in [0, 0.05) is 12.7 Å². The van der Waals surface area contributed by atoms with Gasteiger partial charge in [0.05, 0.1) is 30.0 Å². The highest BCUT2D eigenvalue weighted by Crippen LogP contribution is 2.23. The molecule has 0 radical (unpaired) electrons. The lowest BCUT2D eigenvalue weighted by Crippen LogP contribution is -2.33. The molecule has 1 atom stereocenters. The Kier molecular flexibility index (Phi) is 5.28. The number of ether oxygens (including phenoxy) is 1. The van der Waals surface area contributed by atoms with Crippen molar-refractivity contribution >= 4 is 29.3 Å². The standard InChI is InChI=1S/C16H17ClN2O4/c1-10(14-5-4-8-23-14)19(2)16(21)18-11-6-7-12(13(17)9-11)15(20)22-3/h4-10H,1-3H3,(H,18,21)/t10-/m1/s1. The Bertz CT molecular complexity index is 700. The van der Waals surface area contributed by atoms with Crippen LogP contribution < -0.4 is 5.32 Å². The molecule has 0 bridgehead atoms. The van der Waals surface area contributed by atoms with Gasteiger partial charge in [0.1, 0.15) is 5.76 Å². The van der Waals surface area contributed by atoms with Crippen molar-refractivity contribution in [2.45, 2.75) is 13.0 Å². The summed E-state index contributed by atoms with van der Waals surface area (Å²) in [5.41, 5.74) is 0.718. The van der Waals surface area contributed by atoms with E-state index in [1.165, 1.54) is 24.1 Å². The van der Waals surface area contributed by atoms with Crippen LogP contribution in [0.4, 0.5) is 10.5 Å². The molecule has 0 spiro atoms. The van der Waals surface area contributed by atoms with E-state index in [9.17, 15) is 9.59 Å². The third-order valence-corrected chi connectivity index (χ3v) is 3.79. The van der Waals surface area contributed by atoms with Gasteiger partial charge in [-0.15, -0.1) is 0 Å². The van der Waals surface area contributed by atoms with Gasteiger partial charge in [-0.1, -0.05) is 11.6 Å². The summed E-state index contributed by atoms with van der Waals surface area (Å²) < 4.78 is 9.92. The SMILES string of the molecule is COC(=O)c1ccc(NC(=O)N(C)[C@H](C)c2ccco2)cc1Cl. The number of urea groups is 1. The highest BCUT2D eigenvalue weighted by atomic mass is 35.5. The van der Waals surface area contributed by atoms with Crippen LogP contribution >= 0.6 is 11.6 Å². The molecular weight excluding hydrogens is 320 g/mol. The van der Waals surface area contributed by atoms with Crippen molar-refractivity contribution < 1.29 is 18.7 Å². The number of rotatable bonds is 4. The fourth-order valence-electron chi connectivity index (χ4n) is 1.98. The zero-order chi connectivity index (χ0) is 17.0. The van der Waals surface area contributed by atoms with Crippen molar-refractivity contribution in [1.82, 2.24) is 4.90 Å². The molecule has 23 heavy (non-hydrogen) atoms. The van der Waals surface area contributed by atoms with Gasteiger partial charge in [-0.2, -0.15) is 0 Å². The molecule has 1 aromatic carbocycles. The summed E-state index contributed by atoms with van der Waals surface area (Å²) in [6.07, 6.45) is 1.56. The number of hydrogen-bond donors (Lipinski definition) is 1. The second kappa shape index (κ2) is 7.19. The monoisotopic (exact) mass is 336 g/mol. The van der Waals surface area contributed by atoms with E-state index >= 15 is 0 Å². The molecule has 1 N–H and O–H groups in total. The average Bonchev–Trinajstić information content (AvgIpc) is 3.07. The van der Waals surface area contributed by atoms with Crippen LogP contribution in [-0.2, 0) is 4.74 Å². The Morgan fingerprint density at radius 2 is 2.09 bits per heavy atom. The Hall–Kier alpha value is -2.47. The number of halogens is 1. The Balaban J connectivity index is 2.08. The number of esters is 1. The second-order valence-corrected chi connectivity index (χ2v) is 5.33. The number of methoxy groups -OCH3 is 1. The summed E-state index contributed by atoms with van der Waals surface area (Å²) in [5.74, 6) is 0.151. The molecule has 1 aromatic heterocycles. The largest absolute Gasteiger partial charge is 0.467 e. The molecule has 0 unspecified atom stereocenters. The molecule has 0 saturated carbocycles. The third kappa shape index (κ3) is 3.84. The minimum absolute atomic E-state index is 0.205. The van der Waals surface area contributed by atoms with Gasteiger partial charge in [0.25, 0.3) is 0 Å².